The minimum absolute atomic E-state index is 0.000304. The number of anilines is 1. The minimum Gasteiger partial charge on any atom is -0.424 e. The van der Waals surface area contributed by atoms with Crippen molar-refractivity contribution in [3.05, 3.63) is 23.8 Å². The zero-order valence-corrected chi connectivity index (χ0v) is 13.6. The molecule has 21 heavy (non-hydrogen) atoms. The molecule has 3 heteroatoms. The Hall–Kier alpha value is -1.51. The van der Waals surface area contributed by atoms with Crippen molar-refractivity contribution in [3.8, 4) is 5.75 Å². The Kier molecular flexibility index (Phi) is 4.60. The first-order valence-corrected chi connectivity index (χ1v) is 7.93. The molecule has 0 saturated heterocycles. The first-order chi connectivity index (χ1) is 9.85. The summed E-state index contributed by atoms with van der Waals surface area (Å²) < 4.78 is 5.53. The van der Waals surface area contributed by atoms with Crippen LogP contribution in [0.1, 0.15) is 52.0 Å². The van der Waals surface area contributed by atoms with Crippen LogP contribution >= 0.6 is 0 Å². The van der Waals surface area contributed by atoms with E-state index in [2.05, 4.69) is 20.8 Å². The zero-order chi connectivity index (χ0) is 15.6. The minimum atomic E-state index is -0.129. The molecule has 1 aliphatic carbocycles. The first kappa shape index (κ1) is 15.9. The van der Waals surface area contributed by atoms with E-state index in [1.165, 1.54) is 6.42 Å². The molecular formula is C18H27NO2. The van der Waals surface area contributed by atoms with E-state index in [0.717, 1.165) is 24.8 Å². The molecule has 0 spiro atoms. The van der Waals surface area contributed by atoms with E-state index in [1.54, 1.807) is 6.07 Å². The molecule has 2 rings (SSSR count). The number of carbonyl (C=O) groups is 1. The van der Waals surface area contributed by atoms with Gasteiger partial charge in [-0.2, -0.15) is 0 Å². The maximum Gasteiger partial charge on any atom is 0.314 e. The Morgan fingerprint density at radius 3 is 2.76 bits per heavy atom. The number of ether oxygens (including phenoxy) is 1. The molecule has 1 saturated carbocycles. The van der Waals surface area contributed by atoms with Crippen LogP contribution in [0.5, 0.6) is 5.75 Å². The Balaban J connectivity index is 2.02. The van der Waals surface area contributed by atoms with Gasteiger partial charge in [0.2, 0.25) is 0 Å². The SMILES string of the molecule is CCC1(C)CCC(C(=O)Oc2ccc(C)cc2N)CC1C. The molecule has 3 unspecified atom stereocenters. The fourth-order valence-electron chi connectivity index (χ4n) is 3.27. The molecule has 0 radical (unpaired) electrons. The lowest BCUT2D eigenvalue weighted by Crippen LogP contribution is -2.36. The highest BCUT2D eigenvalue weighted by molar-refractivity contribution is 5.77. The van der Waals surface area contributed by atoms with Gasteiger partial charge in [0.05, 0.1) is 11.6 Å². The van der Waals surface area contributed by atoms with Gasteiger partial charge < -0.3 is 10.5 Å². The van der Waals surface area contributed by atoms with Gasteiger partial charge in [0.25, 0.3) is 0 Å². The standard InChI is InChI=1S/C18H27NO2/c1-5-18(4)9-8-14(11-13(18)3)17(20)21-16-7-6-12(2)10-15(16)19/h6-7,10,13-14H,5,8-9,11,19H2,1-4H3. The van der Waals surface area contributed by atoms with Crippen molar-refractivity contribution in [3.63, 3.8) is 0 Å². The normalized spacial score (nSPS) is 29.1. The molecular weight excluding hydrogens is 262 g/mol. The summed E-state index contributed by atoms with van der Waals surface area (Å²) in [5.41, 5.74) is 7.87. The largest absolute Gasteiger partial charge is 0.424 e. The predicted molar refractivity (Wildman–Crippen MR) is 86.1 cm³/mol. The van der Waals surface area contributed by atoms with Gasteiger partial charge in [-0.05, 0) is 55.2 Å². The highest BCUT2D eigenvalue weighted by Crippen LogP contribution is 2.45. The van der Waals surface area contributed by atoms with Crippen molar-refractivity contribution >= 4 is 11.7 Å². The molecule has 2 N–H and O–H groups in total. The van der Waals surface area contributed by atoms with Crippen LogP contribution in [0.2, 0.25) is 0 Å². The Morgan fingerprint density at radius 2 is 2.19 bits per heavy atom. The number of rotatable bonds is 3. The molecule has 0 aliphatic heterocycles. The van der Waals surface area contributed by atoms with Gasteiger partial charge >= 0.3 is 5.97 Å². The Morgan fingerprint density at radius 1 is 1.48 bits per heavy atom. The van der Waals surface area contributed by atoms with E-state index in [0.29, 0.717) is 22.8 Å². The van der Waals surface area contributed by atoms with Crippen LogP contribution in [0.3, 0.4) is 0 Å². The monoisotopic (exact) mass is 289 g/mol. The molecule has 1 fully saturated rings. The van der Waals surface area contributed by atoms with Crippen LogP contribution in [-0.4, -0.2) is 5.97 Å². The highest BCUT2D eigenvalue weighted by atomic mass is 16.5. The van der Waals surface area contributed by atoms with Crippen LogP contribution in [0.25, 0.3) is 0 Å². The number of carbonyl (C=O) groups excluding carboxylic acids is 1. The fourth-order valence-corrected chi connectivity index (χ4v) is 3.27. The summed E-state index contributed by atoms with van der Waals surface area (Å²) in [6, 6.07) is 5.53. The fraction of sp³-hybridized carbons (Fsp3) is 0.611. The molecule has 0 aromatic heterocycles. The van der Waals surface area contributed by atoms with Crippen LogP contribution in [-0.2, 0) is 4.79 Å². The second-order valence-electron chi connectivity index (χ2n) is 6.84. The second kappa shape index (κ2) is 6.08. The first-order valence-electron chi connectivity index (χ1n) is 7.93. The average Bonchev–Trinajstić information content (AvgIpc) is 2.45. The number of esters is 1. The second-order valence-corrected chi connectivity index (χ2v) is 6.84. The predicted octanol–water partition coefficient (Wildman–Crippen LogP) is 4.34. The number of hydrogen-bond donors (Lipinski definition) is 1. The topological polar surface area (TPSA) is 52.3 Å². The van der Waals surface area contributed by atoms with E-state index in [1.807, 2.05) is 19.1 Å². The van der Waals surface area contributed by atoms with Crippen molar-refractivity contribution in [1.82, 2.24) is 0 Å². The van der Waals surface area contributed by atoms with Crippen molar-refractivity contribution in [1.29, 1.82) is 0 Å². The summed E-state index contributed by atoms with van der Waals surface area (Å²) in [6.45, 7) is 8.79. The summed E-state index contributed by atoms with van der Waals surface area (Å²) >= 11 is 0. The molecule has 0 heterocycles. The molecule has 3 nitrogen and oxygen atoms in total. The lowest BCUT2D eigenvalue weighted by molar-refractivity contribution is -0.141. The van der Waals surface area contributed by atoms with Gasteiger partial charge in [-0.1, -0.05) is 33.3 Å². The Bertz CT molecular complexity index is 526. The quantitative estimate of drug-likeness (QED) is 0.512. The number of nitrogens with two attached hydrogens (primary N) is 1. The molecule has 1 aromatic rings. The third kappa shape index (κ3) is 3.39. The lowest BCUT2D eigenvalue weighted by Gasteiger charge is -2.41. The van der Waals surface area contributed by atoms with Crippen molar-refractivity contribution < 1.29 is 9.53 Å². The summed E-state index contributed by atoms with van der Waals surface area (Å²) in [6.07, 6.45) is 4.09. The van der Waals surface area contributed by atoms with Crippen LogP contribution in [0, 0.1) is 24.2 Å². The van der Waals surface area contributed by atoms with E-state index in [4.69, 9.17) is 10.5 Å². The van der Waals surface area contributed by atoms with Crippen LogP contribution in [0.15, 0.2) is 18.2 Å². The molecule has 1 aromatic carbocycles. The van der Waals surface area contributed by atoms with E-state index < -0.39 is 0 Å². The maximum absolute atomic E-state index is 12.4. The van der Waals surface area contributed by atoms with E-state index >= 15 is 0 Å². The summed E-state index contributed by atoms with van der Waals surface area (Å²) in [7, 11) is 0. The van der Waals surface area contributed by atoms with Crippen molar-refractivity contribution in [2.75, 3.05) is 5.73 Å². The average molecular weight is 289 g/mol. The van der Waals surface area contributed by atoms with Gasteiger partial charge in [0.1, 0.15) is 0 Å². The summed E-state index contributed by atoms with van der Waals surface area (Å²) in [4.78, 5) is 12.4. The number of nitrogen functional groups attached to an aromatic ring is 1. The number of benzene rings is 1. The van der Waals surface area contributed by atoms with Gasteiger partial charge in [0, 0.05) is 0 Å². The third-order valence-electron chi connectivity index (χ3n) is 5.41. The third-order valence-corrected chi connectivity index (χ3v) is 5.41. The summed E-state index contributed by atoms with van der Waals surface area (Å²) in [5, 5.41) is 0. The molecule has 1 aliphatic rings. The lowest BCUT2D eigenvalue weighted by atomic mass is 9.64. The van der Waals surface area contributed by atoms with Crippen molar-refractivity contribution in [2.24, 2.45) is 17.3 Å². The van der Waals surface area contributed by atoms with E-state index in [-0.39, 0.29) is 11.9 Å². The van der Waals surface area contributed by atoms with Crippen LogP contribution < -0.4 is 10.5 Å². The van der Waals surface area contributed by atoms with Gasteiger partial charge in [-0.15, -0.1) is 0 Å². The van der Waals surface area contributed by atoms with Crippen molar-refractivity contribution in [2.45, 2.75) is 53.4 Å². The Labute approximate surface area is 127 Å². The van der Waals surface area contributed by atoms with Gasteiger partial charge in [0.15, 0.2) is 5.75 Å². The van der Waals surface area contributed by atoms with Crippen LogP contribution in [0.4, 0.5) is 5.69 Å². The number of hydrogen-bond acceptors (Lipinski definition) is 3. The van der Waals surface area contributed by atoms with Gasteiger partial charge in [-0.3, -0.25) is 4.79 Å². The van der Waals surface area contributed by atoms with E-state index in [9.17, 15) is 4.79 Å². The van der Waals surface area contributed by atoms with Gasteiger partial charge in [-0.25, -0.2) is 0 Å². The smallest absolute Gasteiger partial charge is 0.314 e. The zero-order valence-electron chi connectivity index (χ0n) is 13.6. The highest BCUT2D eigenvalue weighted by Gasteiger charge is 2.39. The molecule has 0 bridgehead atoms. The number of aryl methyl sites for hydroxylation is 1. The maximum atomic E-state index is 12.4. The molecule has 0 amide bonds. The molecule has 3 atom stereocenters. The summed E-state index contributed by atoms with van der Waals surface area (Å²) in [5.74, 6) is 0.905. The molecule has 116 valence electrons.